The van der Waals surface area contributed by atoms with Crippen LogP contribution in [0, 0.1) is 12.8 Å². The van der Waals surface area contributed by atoms with Gasteiger partial charge in [-0.2, -0.15) is 11.3 Å². The van der Waals surface area contributed by atoms with E-state index in [0.29, 0.717) is 25.2 Å². The van der Waals surface area contributed by atoms with Crippen LogP contribution in [0.25, 0.3) is 0 Å². The zero-order chi connectivity index (χ0) is 14.4. The van der Waals surface area contributed by atoms with Gasteiger partial charge in [0.2, 0.25) is 0 Å². The highest BCUT2D eigenvalue weighted by Gasteiger charge is 2.22. The fourth-order valence-corrected chi connectivity index (χ4v) is 3.62. The van der Waals surface area contributed by atoms with Gasteiger partial charge in [-0.15, -0.1) is 0 Å². The molecule has 20 heavy (non-hydrogen) atoms. The highest BCUT2D eigenvalue weighted by Crippen LogP contribution is 2.26. The van der Waals surface area contributed by atoms with E-state index in [1.807, 2.05) is 0 Å². The van der Waals surface area contributed by atoms with E-state index in [0.717, 1.165) is 13.0 Å². The van der Waals surface area contributed by atoms with Gasteiger partial charge >= 0.3 is 0 Å². The van der Waals surface area contributed by atoms with E-state index in [1.165, 1.54) is 30.4 Å². The maximum Gasteiger partial charge on any atom is 0.0897 e. The molecule has 0 amide bonds. The molecule has 3 unspecified atom stereocenters. The lowest BCUT2D eigenvalue weighted by molar-refractivity contribution is -0.0452. The molecule has 2 rings (SSSR count). The lowest BCUT2D eigenvalue weighted by Crippen LogP contribution is -2.34. The van der Waals surface area contributed by atoms with Crippen LogP contribution in [0.5, 0.6) is 0 Å². The van der Waals surface area contributed by atoms with Crippen LogP contribution < -0.4 is 5.32 Å². The average Bonchev–Trinajstić information content (AvgIpc) is 2.84. The Labute approximate surface area is 126 Å². The summed E-state index contributed by atoms with van der Waals surface area (Å²) in [6, 6.07) is 0. The Hall–Kier alpha value is -0.420. The van der Waals surface area contributed by atoms with Crippen LogP contribution in [0.2, 0.25) is 0 Å². The summed E-state index contributed by atoms with van der Waals surface area (Å²) in [5.41, 5.74) is 2.65. The van der Waals surface area contributed by atoms with Gasteiger partial charge in [-0.1, -0.05) is 19.8 Å². The summed E-state index contributed by atoms with van der Waals surface area (Å²) in [6.45, 7) is 6.25. The fourth-order valence-electron chi connectivity index (χ4n) is 2.76. The third-order valence-electron chi connectivity index (χ3n) is 4.19. The molecule has 1 fully saturated rings. The maximum absolute atomic E-state index is 9.98. The Morgan fingerprint density at radius 2 is 2.20 bits per heavy atom. The minimum Gasteiger partial charge on any atom is -0.389 e. The minimum atomic E-state index is -0.414. The standard InChI is InChI=1S/C16H27NO2S/c1-12-5-3-4-6-16(12)19-9-15(18)8-17-7-14-11-20-10-13(14)2/h10-12,15-18H,3-9H2,1-2H3. The van der Waals surface area contributed by atoms with Gasteiger partial charge in [0.15, 0.2) is 0 Å². The van der Waals surface area contributed by atoms with E-state index in [-0.39, 0.29) is 0 Å². The fraction of sp³-hybridized carbons (Fsp3) is 0.750. The van der Waals surface area contributed by atoms with Crippen molar-refractivity contribution in [3.05, 3.63) is 21.9 Å². The first-order chi connectivity index (χ1) is 9.66. The van der Waals surface area contributed by atoms with E-state index in [2.05, 4.69) is 29.9 Å². The molecule has 0 saturated heterocycles. The van der Waals surface area contributed by atoms with E-state index < -0.39 is 6.10 Å². The van der Waals surface area contributed by atoms with E-state index in [4.69, 9.17) is 4.74 Å². The molecule has 1 saturated carbocycles. The largest absolute Gasteiger partial charge is 0.389 e. The summed E-state index contributed by atoms with van der Waals surface area (Å²) in [5.74, 6) is 0.636. The third kappa shape index (κ3) is 4.85. The van der Waals surface area contributed by atoms with Crippen LogP contribution in [0.15, 0.2) is 10.8 Å². The van der Waals surface area contributed by atoms with Crippen LogP contribution in [-0.2, 0) is 11.3 Å². The second-order valence-electron chi connectivity index (χ2n) is 6.00. The monoisotopic (exact) mass is 297 g/mol. The molecule has 3 nitrogen and oxygen atoms in total. The van der Waals surface area contributed by atoms with Crippen LogP contribution in [0.1, 0.15) is 43.7 Å². The van der Waals surface area contributed by atoms with E-state index >= 15 is 0 Å². The van der Waals surface area contributed by atoms with Crippen LogP contribution in [-0.4, -0.2) is 30.5 Å². The van der Waals surface area contributed by atoms with E-state index in [1.54, 1.807) is 11.3 Å². The molecular weight excluding hydrogens is 270 g/mol. The van der Waals surface area contributed by atoms with Gasteiger partial charge in [-0.25, -0.2) is 0 Å². The molecule has 114 valence electrons. The Kier molecular flexibility index (Phi) is 6.49. The number of hydrogen-bond donors (Lipinski definition) is 2. The first-order valence-electron chi connectivity index (χ1n) is 7.69. The summed E-state index contributed by atoms with van der Waals surface area (Å²) in [6.07, 6.45) is 4.93. The van der Waals surface area contributed by atoms with Crippen molar-refractivity contribution in [2.75, 3.05) is 13.2 Å². The summed E-state index contributed by atoms with van der Waals surface area (Å²) in [4.78, 5) is 0. The van der Waals surface area contributed by atoms with Gasteiger partial charge < -0.3 is 15.2 Å². The van der Waals surface area contributed by atoms with Crippen molar-refractivity contribution in [1.82, 2.24) is 5.32 Å². The molecule has 0 spiro atoms. The zero-order valence-electron chi connectivity index (χ0n) is 12.6. The van der Waals surface area contributed by atoms with Crippen molar-refractivity contribution in [1.29, 1.82) is 0 Å². The molecule has 2 N–H and O–H groups in total. The number of aryl methyl sites for hydroxylation is 1. The topological polar surface area (TPSA) is 41.5 Å². The highest BCUT2D eigenvalue weighted by atomic mass is 32.1. The summed E-state index contributed by atoms with van der Waals surface area (Å²) in [5, 5.41) is 17.6. The summed E-state index contributed by atoms with van der Waals surface area (Å²) >= 11 is 1.73. The second kappa shape index (κ2) is 8.13. The lowest BCUT2D eigenvalue weighted by atomic mass is 9.88. The van der Waals surface area contributed by atoms with Gasteiger partial charge in [-0.05, 0) is 47.6 Å². The number of nitrogens with one attached hydrogen (secondary N) is 1. The lowest BCUT2D eigenvalue weighted by Gasteiger charge is -2.29. The average molecular weight is 297 g/mol. The molecule has 1 aliphatic rings. The molecule has 1 aliphatic carbocycles. The summed E-state index contributed by atoms with van der Waals surface area (Å²) in [7, 11) is 0. The van der Waals surface area contributed by atoms with Crippen molar-refractivity contribution >= 4 is 11.3 Å². The Morgan fingerprint density at radius 1 is 1.40 bits per heavy atom. The zero-order valence-corrected chi connectivity index (χ0v) is 13.4. The number of hydrogen-bond acceptors (Lipinski definition) is 4. The number of aliphatic hydroxyl groups excluding tert-OH is 1. The van der Waals surface area contributed by atoms with Crippen molar-refractivity contribution in [3.8, 4) is 0 Å². The predicted molar refractivity (Wildman–Crippen MR) is 84.1 cm³/mol. The molecule has 0 bridgehead atoms. The molecule has 1 heterocycles. The number of ether oxygens (including phenoxy) is 1. The first kappa shape index (κ1) is 16.0. The van der Waals surface area contributed by atoms with E-state index in [9.17, 15) is 5.11 Å². The Balaban J connectivity index is 1.60. The molecular formula is C16H27NO2S. The van der Waals surface area contributed by atoms with Crippen molar-refractivity contribution in [2.24, 2.45) is 5.92 Å². The quantitative estimate of drug-likeness (QED) is 0.812. The van der Waals surface area contributed by atoms with Gasteiger partial charge in [-0.3, -0.25) is 0 Å². The Bertz CT molecular complexity index is 394. The Morgan fingerprint density at radius 3 is 2.90 bits per heavy atom. The second-order valence-corrected chi connectivity index (χ2v) is 6.74. The molecule has 4 heteroatoms. The van der Waals surface area contributed by atoms with Crippen LogP contribution in [0.3, 0.4) is 0 Å². The SMILES string of the molecule is Cc1cscc1CNCC(O)COC1CCCCC1C. The van der Waals surface area contributed by atoms with Crippen molar-refractivity contribution in [3.63, 3.8) is 0 Å². The smallest absolute Gasteiger partial charge is 0.0897 e. The third-order valence-corrected chi connectivity index (χ3v) is 5.10. The highest BCUT2D eigenvalue weighted by molar-refractivity contribution is 7.08. The van der Waals surface area contributed by atoms with Gasteiger partial charge in [0.1, 0.15) is 0 Å². The molecule has 0 aliphatic heterocycles. The molecule has 3 atom stereocenters. The normalized spacial score (nSPS) is 24.8. The molecule has 0 aromatic carbocycles. The molecule has 1 aromatic heterocycles. The van der Waals surface area contributed by atoms with Gasteiger partial charge in [0, 0.05) is 13.1 Å². The first-order valence-corrected chi connectivity index (χ1v) is 8.63. The summed E-state index contributed by atoms with van der Waals surface area (Å²) < 4.78 is 5.88. The molecule has 1 aromatic rings. The van der Waals surface area contributed by atoms with Gasteiger partial charge in [0.25, 0.3) is 0 Å². The number of aliphatic hydroxyl groups is 1. The van der Waals surface area contributed by atoms with Crippen molar-refractivity contribution < 1.29 is 9.84 Å². The van der Waals surface area contributed by atoms with Crippen LogP contribution >= 0.6 is 11.3 Å². The number of rotatable bonds is 7. The van der Waals surface area contributed by atoms with Gasteiger partial charge in [0.05, 0.1) is 18.8 Å². The minimum absolute atomic E-state index is 0.345. The van der Waals surface area contributed by atoms with Crippen molar-refractivity contribution in [2.45, 2.75) is 58.3 Å². The maximum atomic E-state index is 9.98. The van der Waals surface area contributed by atoms with Crippen LogP contribution in [0.4, 0.5) is 0 Å². The molecule has 0 radical (unpaired) electrons. The predicted octanol–water partition coefficient (Wildman–Crippen LogP) is 3.10. The number of thiophene rings is 1.